The number of imidazole rings is 1. The van der Waals surface area contributed by atoms with E-state index in [1.54, 1.807) is 6.92 Å². The van der Waals surface area contributed by atoms with E-state index in [0.717, 1.165) is 44.2 Å². The summed E-state index contributed by atoms with van der Waals surface area (Å²) in [5, 5.41) is 12.1. The summed E-state index contributed by atoms with van der Waals surface area (Å²) in [6, 6.07) is 4.28. The lowest BCUT2D eigenvalue weighted by atomic mass is 9.99. The molecule has 0 fully saturated rings. The topological polar surface area (TPSA) is 106 Å². The molecule has 0 aliphatic heterocycles. The molecule has 0 bridgehead atoms. The van der Waals surface area contributed by atoms with E-state index in [-0.39, 0.29) is 18.8 Å². The summed E-state index contributed by atoms with van der Waals surface area (Å²) >= 11 is 0. The maximum Gasteiger partial charge on any atom is 0.412 e. The largest absolute Gasteiger partial charge is 0.463 e. The summed E-state index contributed by atoms with van der Waals surface area (Å²) in [4.78, 5) is 29.1. The SMILES string of the molecule is CCOC(=O)[C@@H](Cn1cncc1C#N)OC(=O)Nc1c2c(cc3c1CCC3)CCC2. The molecule has 1 atom stereocenters. The zero-order valence-corrected chi connectivity index (χ0v) is 16.9. The number of aromatic nitrogens is 2. The van der Waals surface area contributed by atoms with Gasteiger partial charge in [0, 0.05) is 0 Å². The number of carbonyl (C=O) groups is 2. The second-order valence-electron chi connectivity index (χ2n) is 7.55. The van der Waals surface area contributed by atoms with Crippen LogP contribution in [0, 0.1) is 11.3 Å². The Morgan fingerprint density at radius 3 is 2.57 bits per heavy atom. The van der Waals surface area contributed by atoms with Gasteiger partial charge in [0.05, 0.1) is 31.4 Å². The van der Waals surface area contributed by atoms with Crippen molar-refractivity contribution in [2.24, 2.45) is 0 Å². The molecular weight excluding hydrogens is 384 g/mol. The van der Waals surface area contributed by atoms with Crippen LogP contribution < -0.4 is 5.32 Å². The lowest BCUT2D eigenvalue weighted by Gasteiger charge is -2.20. The number of nitriles is 1. The van der Waals surface area contributed by atoms with Crippen molar-refractivity contribution < 1.29 is 19.1 Å². The molecule has 8 heteroatoms. The number of aryl methyl sites for hydroxylation is 2. The molecule has 0 unspecified atom stereocenters. The minimum atomic E-state index is -1.18. The number of benzene rings is 1. The van der Waals surface area contributed by atoms with Crippen LogP contribution in [0.4, 0.5) is 10.5 Å². The number of amides is 1. The lowest BCUT2D eigenvalue weighted by Crippen LogP contribution is -2.35. The molecule has 8 nitrogen and oxygen atoms in total. The van der Waals surface area contributed by atoms with Crippen LogP contribution in [-0.2, 0) is 46.5 Å². The molecule has 0 saturated heterocycles. The molecule has 1 heterocycles. The molecule has 30 heavy (non-hydrogen) atoms. The average molecular weight is 408 g/mol. The van der Waals surface area contributed by atoms with Gasteiger partial charge in [-0.05, 0) is 67.7 Å². The van der Waals surface area contributed by atoms with E-state index in [2.05, 4.69) is 16.4 Å². The van der Waals surface area contributed by atoms with Crippen molar-refractivity contribution in [3.05, 3.63) is 46.5 Å². The third-order valence-corrected chi connectivity index (χ3v) is 5.69. The van der Waals surface area contributed by atoms with Gasteiger partial charge in [-0.3, -0.25) is 5.32 Å². The van der Waals surface area contributed by atoms with Crippen molar-refractivity contribution in [1.29, 1.82) is 5.26 Å². The fourth-order valence-electron chi connectivity index (χ4n) is 4.36. The Balaban J connectivity index is 1.54. The summed E-state index contributed by atoms with van der Waals surface area (Å²) in [6.07, 6.45) is 6.99. The maximum atomic E-state index is 12.8. The Bertz CT molecular complexity index is 989. The van der Waals surface area contributed by atoms with Gasteiger partial charge < -0.3 is 14.0 Å². The van der Waals surface area contributed by atoms with Crippen LogP contribution in [0.5, 0.6) is 0 Å². The summed E-state index contributed by atoms with van der Waals surface area (Å²) < 4.78 is 12.0. The van der Waals surface area contributed by atoms with E-state index in [1.807, 2.05) is 6.07 Å². The molecule has 4 rings (SSSR count). The molecule has 0 saturated carbocycles. The zero-order valence-electron chi connectivity index (χ0n) is 16.9. The first-order chi connectivity index (χ1) is 14.6. The number of carbonyl (C=O) groups excluding carboxylic acids is 2. The Kier molecular flexibility index (Phi) is 5.70. The van der Waals surface area contributed by atoms with E-state index in [0.29, 0.717) is 0 Å². The number of anilines is 1. The van der Waals surface area contributed by atoms with Crippen molar-refractivity contribution in [2.75, 3.05) is 11.9 Å². The maximum absolute atomic E-state index is 12.8. The Morgan fingerprint density at radius 1 is 1.23 bits per heavy atom. The first-order valence-electron chi connectivity index (χ1n) is 10.3. The van der Waals surface area contributed by atoms with Crippen molar-refractivity contribution in [2.45, 2.75) is 58.1 Å². The van der Waals surface area contributed by atoms with E-state index in [4.69, 9.17) is 9.47 Å². The number of fused-ring (bicyclic) bond motifs is 2. The standard InChI is InChI=1S/C22H24N4O4/c1-2-29-21(27)19(12-26-13-24-11-16(26)10-23)30-22(28)25-20-17-7-3-5-14(17)9-15-6-4-8-18(15)20/h9,11,13,19H,2-8,12H2,1H3,(H,25,28)/t19-/m1/s1. The van der Waals surface area contributed by atoms with Crippen LogP contribution in [0.1, 0.15) is 47.7 Å². The van der Waals surface area contributed by atoms with Gasteiger partial charge in [0.1, 0.15) is 11.8 Å². The smallest absolute Gasteiger partial charge is 0.412 e. The van der Waals surface area contributed by atoms with Crippen molar-refractivity contribution in [1.82, 2.24) is 9.55 Å². The monoisotopic (exact) mass is 408 g/mol. The van der Waals surface area contributed by atoms with Crippen molar-refractivity contribution in [3.63, 3.8) is 0 Å². The van der Waals surface area contributed by atoms with Gasteiger partial charge in [-0.2, -0.15) is 5.26 Å². The third-order valence-electron chi connectivity index (χ3n) is 5.69. The summed E-state index contributed by atoms with van der Waals surface area (Å²) in [5.41, 5.74) is 6.08. The second kappa shape index (κ2) is 8.57. The molecular formula is C22H24N4O4. The Labute approximate surface area is 174 Å². The first-order valence-corrected chi connectivity index (χ1v) is 10.3. The second-order valence-corrected chi connectivity index (χ2v) is 7.55. The molecule has 0 spiro atoms. The van der Waals surface area contributed by atoms with Gasteiger partial charge >= 0.3 is 12.1 Å². The van der Waals surface area contributed by atoms with Gasteiger partial charge in [0.2, 0.25) is 6.10 Å². The average Bonchev–Trinajstić information content (AvgIpc) is 3.47. The number of esters is 1. The summed E-state index contributed by atoms with van der Waals surface area (Å²) in [7, 11) is 0. The van der Waals surface area contributed by atoms with Crippen LogP contribution >= 0.6 is 0 Å². The number of rotatable bonds is 6. The van der Waals surface area contributed by atoms with E-state index >= 15 is 0 Å². The highest BCUT2D eigenvalue weighted by molar-refractivity contribution is 5.90. The Morgan fingerprint density at radius 2 is 1.93 bits per heavy atom. The van der Waals surface area contributed by atoms with Crippen LogP contribution in [-0.4, -0.2) is 34.3 Å². The number of ether oxygens (including phenoxy) is 2. The highest BCUT2D eigenvalue weighted by Gasteiger charge is 2.29. The predicted octanol–water partition coefficient (Wildman–Crippen LogP) is 2.91. The molecule has 0 radical (unpaired) electrons. The molecule has 2 aliphatic carbocycles. The minimum Gasteiger partial charge on any atom is -0.463 e. The van der Waals surface area contributed by atoms with Gasteiger partial charge in [-0.25, -0.2) is 14.6 Å². The fourth-order valence-corrected chi connectivity index (χ4v) is 4.36. The molecule has 1 amide bonds. The first kappa shape index (κ1) is 20.0. The van der Waals surface area contributed by atoms with Gasteiger partial charge in [-0.1, -0.05) is 6.07 Å². The molecule has 1 aromatic heterocycles. The molecule has 1 aromatic carbocycles. The molecule has 1 N–H and O–H groups in total. The van der Waals surface area contributed by atoms with E-state index in [1.165, 1.54) is 39.3 Å². The van der Waals surface area contributed by atoms with Gasteiger partial charge in [0.15, 0.2) is 0 Å². The van der Waals surface area contributed by atoms with Gasteiger partial charge in [-0.15, -0.1) is 0 Å². The van der Waals surface area contributed by atoms with Crippen LogP contribution in [0.25, 0.3) is 0 Å². The van der Waals surface area contributed by atoms with Crippen LogP contribution in [0.3, 0.4) is 0 Å². The van der Waals surface area contributed by atoms with Crippen molar-refractivity contribution in [3.8, 4) is 6.07 Å². The third kappa shape index (κ3) is 3.88. The number of nitrogens with one attached hydrogen (secondary N) is 1. The summed E-state index contributed by atoms with van der Waals surface area (Å²) in [6.45, 7) is 1.80. The quantitative estimate of drug-likeness (QED) is 0.737. The highest BCUT2D eigenvalue weighted by atomic mass is 16.6. The molecule has 2 aromatic rings. The molecule has 2 aliphatic rings. The van der Waals surface area contributed by atoms with Crippen LogP contribution in [0.15, 0.2) is 18.6 Å². The predicted molar refractivity (Wildman–Crippen MR) is 108 cm³/mol. The van der Waals surface area contributed by atoms with Gasteiger partial charge in [0.25, 0.3) is 0 Å². The number of hydrogen-bond acceptors (Lipinski definition) is 6. The molecule has 156 valence electrons. The number of nitrogens with zero attached hydrogens (tertiary/aromatic N) is 3. The minimum absolute atomic E-state index is 0.0415. The van der Waals surface area contributed by atoms with E-state index < -0.39 is 18.2 Å². The highest BCUT2D eigenvalue weighted by Crippen LogP contribution is 2.38. The lowest BCUT2D eigenvalue weighted by molar-refractivity contribution is -0.153. The normalized spacial score (nSPS) is 15.1. The van der Waals surface area contributed by atoms with Crippen LogP contribution in [0.2, 0.25) is 0 Å². The van der Waals surface area contributed by atoms with Crippen molar-refractivity contribution >= 4 is 17.7 Å². The zero-order chi connectivity index (χ0) is 21.1. The van der Waals surface area contributed by atoms with E-state index in [9.17, 15) is 14.9 Å². The fraction of sp³-hybridized carbons (Fsp3) is 0.455. The summed E-state index contributed by atoms with van der Waals surface area (Å²) in [5.74, 6) is -0.659. The Hall–Kier alpha value is -3.34. The number of hydrogen-bond donors (Lipinski definition) is 1.